The molecule has 0 aliphatic rings. The average Bonchev–Trinajstić information content (AvgIpc) is 2.34. The number of alkyl carbamates (subject to hydrolysis) is 1. The Morgan fingerprint density at radius 2 is 2.15 bits per heavy atom. The van der Waals surface area contributed by atoms with Crippen LogP contribution in [0.3, 0.4) is 0 Å². The zero-order valence-corrected chi connectivity index (χ0v) is 13.2. The Labute approximate surface area is 121 Å². The number of carbonyl (C=O) groups excluding carboxylic acids is 1. The molecule has 1 aromatic rings. The van der Waals surface area contributed by atoms with Gasteiger partial charge < -0.3 is 10.1 Å². The Morgan fingerprint density at radius 3 is 2.70 bits per heavy atom. The number of ether oxygens (including phenoxy) is 1. The summed E-state index contributed by atoms with van der Waals surface area (Å²) in [6.07, 6.45) is 3.38. The summed E-state index contributed by atoms with van der Waals surface area (Å²) in [4.78, 5) is 16.0. The first kappa shape index (κ1) is 16.5. The summed E-state index contributed by atoms with van der Waals surface area (Å²) in [5.74, 6) is 0.394. The second-order valence-corrected chi connectivity index (χ2v) is 6.11. The molecule has 0 spiro atoms. The minimum absolute atomic E-state index is 0.348. The molecule has 1 N–H and O–H groups in total. The first-order chi connectivity index (χ1) is 9.31. The maximum Gasteiger partial charge on any atom is 0.407 e. The molecule has 1 atom stereocenters. The highest BCUT2D eigenvalue weighted by Gasteiger charge is 2.17. The number of nitrogens with zero attached hydrogens (tertiary/aromatic N) is 1. The van der Waals surface area contributed by atoms with Crippen molar-refractivity contribution in [3.05, 3.63) is 29.6 Å². The molecule has 0 aliphatic heterocycles. The predicted octanol–water partition coefficient (Wildman–Crippen LogP) is 3.48. The van der Waals surface area contributed by atoms with Crippen LogP contribution >= 0.6 is 0 Å². The van der Waals surface area contributed by atoms with Gasteiger partial charge in [-0.1, -0.05) is 19.4 Å². The Hall–Kier alpha value is -1.58. The van der Waals surface area contributed by atoms with Gasteiger partial charge in [0.05, 0.1) is 0 Å². The summed E-state index contributed by atoms with van der Waals surface area (Å²) in [5.41, 5.74) is 1.85. The fourth-order valence-electron chi connectivity index (χ4n) is 1.95. The van der Waals surface area contributed by atoms with Gasteiger partial charge >= 0.3 is 6.09 Å². The Balaban J connectivity index is 2.48. The number of rotatable bonds is 5. The number of aromatic nitrogens is 1. The molecule has 1 unspecified atom stereocenters. The fraction of sp³-hybridized carbons (Fsp3) is 0.625. The molecule has 0 aromatic carbocycles. The van der Waals surface area contributed by atoms with Crippen molar-refractivity contribution < 1.29 is 9.53 Å². The average molecular weight is 278 g/mol. The summed E-state index contributed by atoms with van der Waals surface area (Å²) in [5, 5.41) is 2.85. The molecule has 20 heavy (non-hydrogen) atoms. The molecular weight excluding hydrogens is 252 g/mol. The summed E-state index contributed by atoms with van der Waals surface area (Å²) in [6, 6.07) is 4.05. The van der Waals surface area contributed by atoms with E-state index >= 15 is 0 Å². The molecule has 0 saturated heterocycles. The number of carbonyl (C=O) groups is 1. The molecule has 1 aromatic heterocycles. The van der Waals surface area contributed by atoms with Crippen molar-refractivity contribution in [2.75, 3.05) is 6.54 Å². The van der Waals surface area contributed by atoms with Crippen LogP contribution in [0.25, 0.3) is 0 Å². The molecule has 0 saturated carbocycles. The van der Waals surface area contributed by atoms with Gasteiger partial charge in [-0.2, -0.15) is 0 Å². The van der Waals surface area contributed by atoms with E-state index in [4.69, 9.17) is 4.74 Å². The molecule has 112 valence electrons. The topological polar surface area (TPSA) is 51.2 Å². The highest BCUT2D eigenvalue weighted by atomic mass is 16.6. The lowest BCUT2D eigenvalue weighted by molar-refractivity contribution is 0.0518. The van der Waals surface area contributed by atoms with E-state index in [1.807, 2.05) is 33.8 Å². The van der Waals surface area contributed by atoms with Crippen LogP contribution in [0.15, 0.2) is 18.3 Å². The van der Waals surface area contributed by atoms with Crippen molar-refractivity contribution >= 4 is 6.09 Å². The Bertz CT molecular complexity index is 438. The van der Waals surface area contributed by atoms with Crippen molar-refractivity contribution in [2.24, 2.45) is 5.92 Å². The number of hydrogen-bond donors (Lipinski definition) is 1. The van der Waals surface area contributed by atoms with Crippen LogP contribution < -0.4 is 5.32 Å². The van der Waals surface area contributed by atoms with Crippen LogP contribution in [-0.4, -0.2) is 23.2 Å². The lowest BCUT2D eigenvalue weighted by atomic mass is 9.96. The van der Waals surface area contributed by atoms with Gasteiger partial charge in [0, 0.05) is 18.4 Å². The normalized spacial score (nSPS) is 12.8. The van der Waals surface area contributed by atoms with Gasteiger partial charge in [-0.15, -0.1) is 0 Å². The van der Waals surface area contributed by atoms with E-state index in [1.54, 1.807) is 6.20 Å². The number of hydrogen-bond acceptors (Lipinski definition) is 3. The highest BCUT2D eigenvalue weighted by Crippen LogP contribution is 2.14. The van der Waals surface area contributed by atoms with E-state index in [1.165, 1.54) is 5.56 Å². The van der Waals surface area contributed by atoms with Crippen molar-refractivity contribution in [1.29, 1.82) is 0 Å². The summed E-state index contributed by atoms with van der Waals surface area (Å²) in [7, 11) is 0. The molecule has 4 nitrogen and oxygen atoms in total. The van der Waals surface area contributed by atoms with Gasteiger partial charge in [-0.25, -0.2) is 4.79 Å². The third kappa shape index (κ3) is 6.04. The first-order valence-corrected chi connectivity index (χ1v) is 7.19. The van der Waals surface area contributed by atoms with Crippen LogP contribution in [0.2, 0.25) is 0 Å². The smallest absolute Gasteiger partial charge is 0.407 e. The molecule has 1 amide bonds. The van der Waals surface area contributed by atoms with Gasteiger partial charge in [0.15, 0.2) is 0 Å². The molecule has 0 radical (unpaired) electrons. The van der Waals surface area contributed by atoms with E-state index < -0.39 is 5.60 Å². The van der Waals surface area contributed by atoms with Gasteiger partial charge in [-0.3, -0.25) is 4.98 Å². The maximum atomic E-state index is 11.7. The summed E-state index contributed by atoms with van der Waals surface area (Å²) in [6.45, 7) is 10.4. The highest BCUT2D eigenvalue weighted by molar-refractivity contribution is 5.67. The van der Waals surface area contributed by atoms with Crippen LogP contribution in [0.1, 0.15) is 45.4 Å². The monoisotopic (exact) mass is 278 g/mol. The van der Waals surface area contributed by atoms with Crippen molar-refractivity contribution in [3.63, 3.8) is 0 Å². The van der Waals surface area contributed by atoms with E-state index in [9.17, 15) is 4.79 Å². The number of aryl methyl sites for hydroxylation is 1. The minimum Gasteiger partial charge on any atom is -0.444 e. The summed E-state index contributed by atoms with van der Waals surface area (Å²) >= 11 is 0. The van der Waals surface area contributed by atoms with Gasteiger partial charge in [-0.05, 0) is 51.7 Å². The minimum atomic E-state index is -0.453. The van der Waals surface area contributed by atoms with Crippen LogP contribution in [0, 0.1) is 12.8 Å². The molecule has 0 aliphatic carbocycles. The zero-order chi connectivity index (χ0) is 15.2. The van der Waals surface area contributed by atoms with E-state index in [0.717, 1.165) is 18.5 Å². The summed E-state index contributed by atoms with van der Waals surface area (Å²) < 4.78 is 5.24. The van der Waals surface area contributed by atoms with Crippen molar-refractivity contribution in [1.82, 2.24) is 10.3 Å². The van der Waals surface area contributed by atoms with Crippen LogP contribution in [0.4, 0.5) is 4.79 Å². The second-order valence-electron chi connectivity index (χ2n) is 6.11. The molecular formula is C16H26N2O2. The first-order valence-electron chi connectivity index (χ1n) is 7.19. The molecule has 0 bridgehead atoms. The Kier molecular flexibility index (Phi) is 5.99. The second kappa shape index (κ2) is 7.27. The van der Waals surface area contributed by atoms with Crippen molar-refractivity contribution in [2.45, 2.75) is 53.1 Å². The van der Waals surface area contributed by atoms with Gasteiger partial charge in [0.25, 0.3) is 0 Å². The van der Waals surface area contributed by atoms with E-state index in [2.05, 4.69) is 23.3 Å². The third-order valence-electron chi connectivity index (χ3n) is 3.14. The van der Waals surface area contributed by atoms with Crippen LogP contribution in [0.5, 0.6) is 0 Å². The standard InChI is InChI=1S/C16H26N2O2/c1-6-13(10-14-8-7-9-17-12(14)2)11-18-15(19)20-16(3,4)5/h7-9,13H,6,10-11H2,1-5H3,(H,18,19). The number of nitrogens with one attached hydrogen (secondary N) is 1. The Morgan fingerprint density at radius 1 is 1.45 bits per heavy atom. The lowest BCUT2D eigenvalue weighted by Crippen LogP contribution is -2.35. The zero-order valence-electron chi connectivity index (χ0n) is 13.2. The van der Waals surface area contributed by atoms with E-state index in [0.29, 0.717) is 12.5 Å². The largest absolute Gasteiger partial charge is 0.444 e. The van der Waals surface area contributed by atoms with Gasteiger partial charge in [0.1, 0.15) is 5.60 Å². The molecule has 1 rings (SSSR count). The number of pyridine rings is 1. The van der Waals surface area contributed by atoms with Gasteiger partial charge in [0.2, 0.25) is 0 Å². The molecule has 4 heteroatoms. The quantitative estimate of drug-likeness (QED) is 0.897. The molecule has 0 fully saturated rings. The maximum absolute atomic E-state index is 11.7. The lowest BCUT2D eigenvalue weighted by Gasteiger charge is -2.21. The van der Waals surface area contributed by atoms with E-state index in [-0.39, 0.29) is 6.09 Å². The molecule has 1 heterocycles. The fourth-order valence-corrected chi connectivity index (χ4v) is 1.95. The third-order valence-corrected chi connectivity index (χ3v) is 3.14. The van der Waals surface area contributed by atoms with Crippen LogP contribution in [-0.2, 0) is 11.2 Å². The predicted molar refractivity (Wildman–Crippen MR) is 80.7 cm³/mol. The SMILES string of the molecule is CCC(CNC(=O)OC(C)(C)C)Cc1cccnc1C. The number of amides is 1. The van der Waals surface area contributed by atoms with Crippen molar-refractivity contribution in [3.8, 4) is 0 Å².